The Labute approximate surface area is 119 Å². The van der Waals surface area contributed by atoms with E-state index < -0.39 is 0 Å². The highest BCUT2D eigenvalue weighted by molar-refractivity contribution is 5.94. The molecular formula is C17H18N2O. The Balaban J connectivity index is 1.71. The molecule has 0 saturated carbocycles. The maximum atomic E-state index is 12.1. The molecule has 3 rings (SSSR count). The Kier molecular flexibility index (Phi) is 3.79. The fourth-order valence-corrected chi connectivity index (χ4v) is 2.49. The summed E-state index contributed by atoms with van der Waals surface area (Å²) in [4.78, 5) is 12.1. The first-order valence-electron chi connectivity index (χ1n) is 7.00. The van der Waals surface area contributed by atoms with Gasteiger partial charge in [-0.1, -0.05) is 42.5 Å². The van der Waals surface area contributed by atoms with Crippen LogP contribution in [0.4, 0.5) is 0 Å². The second-order valence-corrected chi connectivity index (χ2v) is 5.11. The minimum atomic E-state index is 0.0123. The third kappa shape index (κ3) is 2.89. The number of hydrogen-bond donors (Lipinski definition) is 2. The summed E-state index contributed by atoms with van der Waals surface area (Å²) >= 11 is 0. The van der Waals surface area contributed by atoms with Gasteiger partial charge < -0.3 is 10.6 Å². The van der Waals surface area contributed by atoms with Crippen LogP contribution in [0.3, 0.4) is 0 Å². The number of carbonyl (C=O) groups is 1. The molecule has 1 heterocycles. The molecule has 3 nitrogen and oxygen atoms in total. The smallest absolute Gasteiger partial charge is 0.251 e. The zero-order chi connectivity index (χ0) is 13.8. The molecule has 2 N–H and O–H groups in total. The maximum Gasteiger partial charge on any atom is 0.251 e. The Morgan fingerprint density at radius 2 is 1.70 bits per heavy atom. The van der Waals surface area contributed by atoms with Gasteiger partial charge in [-0.2, -0.15) is 0 Å². The van der Waals surface area contributed by atoms with Crippen molar-refractivity contribution >= 4 is 5.91 Å². The predicted molar refractivity (Wildman–Crippen MR) is 80.6 cm³/mol. The molecule has 2 aromatic carbocycles. The summed E-state index contributed by atoms with van der Waals surface area (Å²) in [5.41, 5.74) is 3.01. The molecule has 0 radical (unpaired) electrons. The van der Waals surface area contributed by atoms with E-state index in [1.807, 2.05) is 42.5 Å². The molecule has 0 unspecified atom stereocenters. The summed E-state index contributed by atoms with van der Waals surface area (Å²) in [5.74, 6) is 0.0123. The van der Waals surface area contributed by atoms with Gasteiger partial charge in [0.2, 0.25) is 0 Å². The molecule has 0 bridgehead atoms. The number of amides is 1. The van der Waals surface area contributed by atoms with Gasteiger partial charge in [0.25, 0.3) is 5.91 Å². The van der Waals surface area contributed by atoms with Crippen LogP contribution in [0.25, 0.3) is 11.1 Å². The molecule has 0 aromatic heterocycles. The molecule has 0 spiro atoms. The van der Waals surface area contributed by atoms with Crippen LogP contribution in [0.15, 0.2) is 54.6 Å². The largest absolute Gasteiger partial charge is 0.348 e. The van der Waals surface area contributed by atoms with Crippen molar-refractivity contribution in [2.45, 2.75) is 12.5 Å². The van der Waals surface area contributed by atoms with Crippen LogP contribution < -0.4 is 10.6 Å². The van der Waals surface area contributed by atoms with E-state index in [9.17, 15) is 4.79 Å². The van der Waals surface area contributed by atoms with Gasteiger partial charge in [0.05, 0.1) is 0 Å². The first-order chi connectivity index (χ1) is 9.83. The van der Waals surface area contributed by atoms with E-state index in [0.29, 0.717) is 0 Å². The van der Waals surface area contributed by atoms with Crippen molar-refractivity contribution in [2.75, 3.05) is 13.1 Å². The highest BCUT2D eigenvalue weighted by Gasteiger charge is 2.17. The Morgan fingerprint density at radius 1 is 1.00 bits per heavy atom. The first-order valence-corrected chi connectivity index (χ1v) is 7.00. The van der Waals surface area contributed by atoms with Gasteiger partial charge in [-0.25, -0.2) is 0 Å². The molecule has 1 amide bonds. The molecule has 0 aliphatic carbocycles. The summed E-state index contributed by atoms with van der Waals surface area (Å²) in [5, 5.41) is 6.30. The van der Waals surface area contributed by atoms with Crippen molar-refractivity contribution in [3.63, 3.8) is 0 Å². The van der Waals surface area contributed by atoms with Crippen LogP contribution in [-0.2, 0) is 0 Å². The van der Waals surface area contributed by atoms with Crippen LogP contribution >= 0.6 is 0 Å². The van der Waals surface area contributed by atoms with Gasteiger partial charge in [0.1, 0.15) is 0 Å². The Bertz CT molecular complexity index is 572. The molecule has 1 aliphatic rings. The van der Waals surface area contributed by atoms with Crippen molar-refractivity contribution in [1.29, 1.82) is 0 Å². The van der Waals surface area contributed by atoms with Crippen LogP contribution in [0.5, 0.6) is 0 Å². The Morgan fingerprint density at radius 3 is 2.35 bits per heavy atom. The summed E-state index contributed by atoms with van der Waals surface area (Å²) < 4.78 is 0. The lowest BCUT2D eigenvalue weighted by atomic mass is 10.0. The van der Waals surface area contributed by atoms with E-state index in [1.54, 1.807) is 0 Å². The normalized spacial score (nSPS) is 17.9. The summed E-state index contributed by atoms with van der Waals surface area (Å²) in [7, 11) is 0. The topological polar surface area (TPSA) is 41.1 Å². The number of carbonyl (C=O) groups excluding carboxylic acids is 1. The van der Waals surface area contributed by atoms with Crippen LogP contribution in [0, 0.1) is 0 Å². The van der Waals surface area contributed by atoms with E-state index in [1.165, 1.54) is 5.56 Å². The highest BCUT2D eigenvalue weighted by atomic mass is 16.1. The Hall–Kier alpha value is -2.13. The van der Waals surface area contributed by atoms with Crippen molar-refractivity contribution in [3.8, 4) is 11.1 Å². The van der Waals surface area contributed by atoms with Gasteiger partial charge in [-0.05, 0) is 36.2 Å². The maximum absolute atomic E-state index is 12.1. The van der Waals surface area contributed by atoms with E-state index in [0.717, 1.165) is 30.6 Å². The number of rotatable bonds is 3. The summed E-state index contributed by atoms with van der Waals surface area (Å²) in [6.45, 7) is 1.85. The van der Waals surface area contributed by atoms with E-state index in [2.05, 4.69) is 22.8 Å². The van der Waals surface area contributed by atoms with Gasteiger partial charge in [-0.3, -0.25) is 4.79 Å². The number of hydrogen-bond acceptors (Lipinski definition) is 2. The van der Waals surface area contributed by atoms with Crippen molar-refractivity contribution in [2.24, 2.45) is 0 Å². The zero-order valence-electron chi connectivity index (χ0n) is 11.3. The minimum absolute atomic E-state index is 0.0123. The molecule has 1 saturated heterocycles. The molecule has 3 heteroatoms. The van der Waals surface area contributed by atoms with Gasteiger partial charge in [-0.15, -0.1) is 0 Å². The van der Waals surface area contributed by atoms with Crippen LogP contribution in [0.2, 0.25) is 0 Å². The lowest BCUT2D eigenvalue weighted by Gasteiger charge is -2.11. The van der Waals surface area contributed by atoms with Crippen molar-refractivity contribution in [1.82, 2.24) is 10.6 Å². The average Bonchev–Trinajstić information content (AvgIpc) is 3.01. The van der Waals surface area contributed by atoms with Crippen LogP contribution in [-0.4, -0.2) is 25.0 Å². The SMILES string of the molecule is O=C(N[C@H]1CCNC1)c1ccc(-c2ccccc2)cc1. The number of benzene rings is 2. The molecular weight excluding hydrogens is 248 g/mol. The predicted octanol–water partition coefficient (Wildman–Crippen LogP) is 2.45. The van der Waals surface area contributed by atoms with E-state index in [-0.39, 0.29) is 11.9 Å². The average molecular weight is 266 g/mol. The summed E-state index contributed by atoms with van der Waals surface area (Å²) in [6.07, 6.45) is 1.01. The fourth-order valence-electron chi connectivity index (χ4n) is 2.49. The molecule has 2 aromatic rings. The minimum Gasteiger partial charge on any atom is -0.348 e. The lowest BCUT2D eigenvalue weighted by Crippen LogP contribution is -2.36. The monoisotopic (exact) mass is 266 g/mol. The van der Waals surface area contributed by atoms with E-state index in [4.69, 9.17) is 0 Å². The van der Waals surface area contributed by atoms with Crippen molar-refractivity contribution < 1.29 is 4.79 Å². The summed E-state index contributed by atoms with van der Waals surface area (Å²) in [6, 6.07) is 18.2. The molecule has 1 atom stereocenters. The molecule has 1 aliphatic heterocycles. The molecule has 102 valence electrons. The number of nitrogens with one attached hydrogen (secondary N) is 2. The van der Waals surface area contributed by atoms with Gasteiger partial charge >= 0.3 is 0 Å². The molecule has 1 fully saturated rings. The quantitative estimate of drug-likeness (QED) is 0.896. The third-order valence-electron chi connectivity index (χ3n) is 3.65. The van der Waals surface area contributed by atoms with Gasteiger partial charge in [0.15, 0.2) is 0 Å². The van der Waals surface area contributed by atoms with E-state index >= 15 is 0 Å². The fraction of sp³-hybridized carbons (Fsp3) is 0.235. The van der Waals surface area contributed by atoms with Crippen molar-refractivity contribution in [3.05, 3.63) is 60.2 Å². The van der Waals surface area contributed by atoms with Crippen LogP contribution in [0.1, 0.15) is 16.8 Å². The second kappa shape index (κ2) is 5.88. The standard InChI is InChI=1S/C17H18N2O/c20-17(19-16-10-11-18-12-16)15-8-6-14(7-9-15)13-4-2-1-3-5-13/h1-9,16,18H,10-12H2,(H,19,20)/t16-/m0/s1. The zero-order valence-corrected chi connectivity index (χ0v) is 11.3. The highest BCUT2D eigenvalue weighted by Crippen LogP contribution is 2.19. The second-order valence-electron chi connectivity index (χ2n) is 5.11. The lowest BCUT2D eigenvalue weighted by molar-refractivity contribution is 0.0940. The van der Waals surface area contributed by atoms with Gasteiger partial charge in [0, 0.05) is 18.2 Å². The third-order valence-corrected chi connectivity index (χ3v) is 3.65. The first kappa shape index (κ1) is 12.9. The molecule has 20 heavy (non-hydrogen) atoms.